The van der Waals surface area contributed by atoms with Gasteiger partial charge in [-0.3, -0.25) is 0 Å². The van der Waals surface area contributed by atoms with E-state index >= 15 is 0 Å². The molecule has 0 fully saturated rings. The van der Waals surface area contributed by atoms with E-state index in [2.05, 4.69) is 16.9 Å². The highest BCUT2D eigenvalue weighted by Crippen LogP contribution is 2.41. The fraction of sp³-hybridized carbons (Fsp3) is 0.500. The Balaban J connectivity index is 2.15. The number of nitrogens with zero attached hydrogens (tertiary/aromatic N) is 1. The Morgan fingerprint density at radius 3 is 3.11 bits per heavy atom. The van der Waals surface area contributed by atoms with Crippen molar-refractivity contribution >= 4 is 0 Å². The molecule has 0 aliphatic carbocycles. The van der Waals surface area contributed by atoms with Crippen molar-refractivity contribution in [1.82, 2.24) is 9.97 Å². The first-order valence-electron chi connectivity index (χ1n) is 3.17. The molecule has 1 aliphatic rings. The quantitative estimate of drug-likeness (QED) is 0.616. The lowest BCUT2D eigenvalue weighted by atomic mass is 10.3. The van der Waals surface area contributed by atoms with Gasteiger partial charge in [0.25, 0.3) is 11.8 Å². The molecule has 48 valence electrons. The van der Waals surface area contributed by atoms with Gasteiger partial charge in [0.1, 0.15) is 5.82 Å². The van der Waals surface area contributed by atoms with Gasteiger partial charge in [0.15, 0.2) is 0 Å². The van der Waals surface area contributed by atoms with Crippen LogP contribution in [0.4, 0.5) is 0 Å². The minimum Gasteiger partial charge on any atom is -0.412 e. The first-order chi connectivity index (χ1) is 4.40. The predicted molar refractivity (Wildman–Crippen MR) is 32.7 cm³/mol. The lowest BCUT2D eigenvalue weighted by molar-refractivity contribution is 0.592. The summed E-state index contributed by atoms with van der Waals surface area (Å²) in [4.78, 5) is 7.15. The molecule has 2 rings (SSSR count). The summed E-state index contributed by atoms with van der Waals surface area (Å²) >= 11 is 0. The smallest absolute Gasteiger partial charge is 0.285 e. The van der Waals surface area contributed by atoms with Crippen LogP contribution in [0.15, 0.2) is 0 Å². The summed E-state index contributed by atoms with van der Waals surface area (Å²) in [5.41, 5.74) is 0. The van der Waals surface area contributed by atoms with E-state index in [0.29, 0.717) is 0 Å². The zero-order valence-corrected chi connectivity index (χ0v) is 5.27. The van der Waals surface area contributed by atoms with Crippen molar-refractivity contribution in [2.45, 2.75) is 19.8 Å². The highest BCUT2D eigenvalue weighted by atomic mass is 16.6. The van der Waals surface area contributed by atoms with Crippen molar-refractivity contribution < 1.29 is 4.74 Å². The third-order valence-electron chi connectivity index (χ3n) is 1.33. The summed E-state index contributed by atoms with van der Waals surface area (Å²) < 4.78 is 4.86. The molecular formula is C6H8N2O. The average Bonchev–Trinajstić information content (AvgIpc) is 2.42. The molecule has 0 saturated carbocycles. The molecule has 0 atom stereocenters. The van der Waals surface area contributed by atoms with Crippen LogP contribution in [0.25, 0.3) is 0 Å². The molecule has 0 radical (unpaired) electrons. The molecule has 0 saturated heterocycles. The molecule has 1 aromatic heterocycles. The van der Waals surface area contributed by atoms with Gasteiger partial charge in [-0.25, -0.2) is 0 Å². The Morgan fingerprint density at radius 1 is 1.67 bits per heavy atom. The summed E-state index contributed by atoms with van der Waals surface area (Å²) in [6.07, 6.45) is 2.16. The standard InChI is InChI=1S/C6H8N2O/c1-2-3-4-7-5-6(8-4)9-5/h2-3H2,1H3,(H,7,8). The van der Waals surface area contributed by atoms with E-state index in [9.17, 15) is 0 Å². The maximum atomic E-state index is 4.86. The second-order valence-electron chi connectivity index (χ2n) is 2.17. The fourth-order valence-electron chi connectivity index (χ4n) is 0.861. The van der Waals surface area contributed by atoms with Crippen LogP contribution >= 0.6 is 0 Å². The van der Waals surface area contributed by atoms with Crippen molar-refractivity contribution in [3.05, 3.63) is 5.82 Å². The van der Waals surface area contributed by atoms with E-state index in [0.717, 1.165) is 30.4 Å². The number of aromatic nitrogens is 2. The Bertz CT molecular complexity index is 209. The molecule has 0 unspecified atom stereocenters. The van der Waals surface area contributed by atoms with E-state index in [1.807, 2.05) is 0 Å². The van der Waals surface area contributed by atoms with Crippen LogP contribution in [0, 0.1) is 0 Å². The number of ether oxygens (including phenoxy) is 1. The highest BCUT2D eigenvalue weighted by molar-refractivity contribution is 5.43. The zero-order chi connectivity index (χ0) is 6.27. The first-order valence-corrected chi connectivity index (χ1v) is 3.17. The first kappa shape index (κ1) is 4.85. The van der Waals surface area contributed by atoms with Crippen LogP contribution in [0.1, 0.15) is 19.2 Å². The number of hydrogen-bond acceptors (Lipinski definition) is 2. The van der Waals surface area contributed by atoms with Gasteiger partial charge < -0.3 is 9.72 Å². The molecule has 2 heterocycles. The monoisotopic (exact) mass is 124 g/mol. The summed E-state index contributed by atoms with van der Waals surface area (Å²) in [6, 6.07) is 0. The largest absolute Gasteiger partial charge is 0.412 e. The van der Waals surface area contributed by atoms with Crippen LogP contribution < -0.4 is 4.74 Å². The minimum absolute atomic E-state index is 0.790. The van der Waals surface area contributed by atoms with Gasteiger partial charge in [-0.05, 0) is 6.42 Å². The number of aryl methyl sites for hydroxylation is 1. The number of H-pyrrole nitrogens is 1. The van der Waals surface area contributed by atoms with Gasteiger partial charge >= 0.3 is 0 Å². The molecule has 0 spiro atoms. The van der Waals surface area contributed by atoms with Gasteiger partial charge in [0.05, 0.1) is 0 Å². The number of imidazole rings is 1. The van der Waals surface area contributed by atoms with E-state index < -0.39 is 0 Å². The Morgan fingerprint density at radius 2 is 2.56 bits per heavy atom. The lowest BCUT2D eigenvalue weighted by Gasteiger charge is -1.88. The summed E-state index contributed by atoms with van der Waals surface area (Å²) in [5.74, 6) is 2.70. The molecule has 0 bridgehead atoms. The second kappa shape index (κ2) is 1.50. The summed E-state index contributed by atoms with van der Waals surface area (Å²) in [5, 5.41) is 0. The Kier molecular flexibility index (Phi) is 0.806. The van der Waals surface area contributed by atoms with Gasteiger partial charge in [0.2, 0.25) is 0 Å². The Hall–Kier alpha value is -0.990. The van der Waals surface area contributed by atoms with Crippen LogP contribution in [-0.4, -0.2) is 9.97 Å². The van der Waals surface area contributed by atoms with Crippen LogP contribution in [-0.2, 0) is 6.42 Å². The maximum absolute atomic E-state index is 4.86. The lowest BCUT2D eigenvalue weighted by Crippen LogP contribution is -1.86. The number of nitrogens with one attached hydrogen (secondary N) is 1. The van der Waals surface area contributed by atoms with Gasteiger partial charge in [-0.1, -0.05) is 6.92 Å². The molecule has 3 heteroatoms. The second-order valence-corrected chi connectivity index (χ2v) is 2.17. The van der Waals surface area contributed by atoms with E-state index in [-0.39, 0.29) is 0 Å². The van der Waals surface area contributed by atoms with Crippen LogP contribution in [0.2, 0.25) is 0 Å². The van der Waals surface area contributed by atoms with Crippen molar-refractivity contribution in [1.29, 1.82) is 0 Å². The Labute approximate surface area is 53.1 Å². The topological polar surface area (TPSA) is 41.2 Å². The maximum Gasteiger partial charge on any atom is 0.285 e. The molecule has 1 aliphatic heterocycles. The highest BCUT2D eigenvalue weighted by Gasteiger charge is 2.25. The van der Waals surface area contributed by atoms with Gasteiger partial charge in [-0.2, -0.15) is 4.98 Å². The molecule has 0 aromatic carbocycles. The van der Waals surface area contributed by atoms with Gasteiger partial charge in [0, 0.05) is 6.42 Å². The molecule has 1 aromatic rings. The molecule has 9 heavy (non-hydrogen) atoms. The number of fused-ring (bicyclic) bond motifs is 1. The van der Waals surface area contributed by atoms with Crippen molar-refractivity contribution in [3.8, 4) is 11.8 Å². The SMILES string of the molecule is CCCc1nc2c([nH]1)O2. The summed E-state index contributed by atoms with van der Waals surface area (Å²) in [7, 11) is 0. The van der Waals surface area contributed by atoms with Crippen LogP contribution in [0.5, 0.6) is 11.8 Å². The number of rotatable bonds is 2. The molecule has 1 N–H and O–H groups in total. The van der Waals surface area contributed by atoms with Crippen molar-refractivity contribution in [2.75, 3.05) is 0 Å². The van der Waals surface area contributed by atoms with Crippen molar-refractivity contribution in [3.63, 3.8) is 0 Å². The molecule has 0 amide bonds. The van der Waals surface area contributed by atoms with Crippen LogP contribution in [0.3, 0.4) is 0 Å². The minimum atomic E-state index is 0.790. The summed E-state index contributed by atoms with van der Waals surface area (Å²) in [6.45, 7) is 2.13. The number of hydrogen-bond donors (Lipinski definition) is 1. The average molecular weight is 124 g/mol. The normalized spacial score (nSPS) is 12.6. The molecular weight excluding hydrogens is 116 g/mol. The molecule has 3 nitrogen and oxygen atoms in total. The van der Waals surface area contributed by atoms with E-state index in [4.69, 9.17) is 4.74 Å². The van der Waals surface area contributed by atoms with Crippen molar-refractivity contribution in [2.24, 2.45) is 0 Å². The van der Waals surface area contributed by atoms with E-state index in [1.54, 1.807) is 0 Å². The third-order valence-corrected chi connectivity index (χ3v) is 1.33. The predicted octanol–water partition coefficient (Wildman–Crippen LogP) is 1.47. The number of aromatic amines is 1. The van der Waals surface area contributed by atoms with Gasteiger partial charge in [-0.15, -0.1) is 0 Å². The fourth-order valence-corrected chi connectivity index (χ4v) is 0.861. The third kappa shape index (κ3) is 0.686. The van der Waals surface area contributed by atoms with E-state index in [1.165, 1.54) is 0 Å². The zero-order valence-electron chi connectivity index (χ0n) is 5.27.